The van der Waals surface area contributed by atoms with Crippen molar-refractivity contribution in [2.24, 2.45) is 11.8 Å². The van der Waals surface area contributed by atoms with E-state index in [9.17, 15) is 4.79 Å². The van der Waals surface area contributed by atoms with Crippen molar-refractivity contribution in [1.82, 2.24) is 10.2 Å². The Kier molecular flexibility index (Phi) is 3.03. The average Bonchev–Trinajstić information content (AvgIpc) is 2.65. The molecule has 2 fully saturated rings. The van der Waals surface area contributed by atoms with Crippen LogP contribution in [0.3, 0.4) is 0 Å². The van der Waals surface area contributed by atoms with Crippen molar-refractivity contribution in [3.05, 3.63) is 0 Å². The molecule has 0 aromatic rings. The van der Waals surface area contributed by atoms with E-state index < -0.39 is 0 Å². The van der Waals surface area contributed by atoms with Gasteiger partial charge in [0.25, 0.3) is 0 Å². The molecule has 0 saturated carbocycles. The predicted octanol–water partition coefficient (Wildman–Crippen LogP) is -0.299. The molecule has 4 heteroatoms. The lowest BCUT2D eigenvalue weighted by Crippen LogP contribution is -2.45. The van der Waals surface area contributed by atoms with Gasteiger partial charge in [0.05, 0.1) is 19.1 Å². The highest BCUT2D eigenvalue weighted by Crippen LogP contribution is 2.19. The van der Waals surface area contributed by atoms with E-state index in [0.717, 1.165) is 26.2 Å². The monoisotopic (exact) mass is 198 g/mol. The molecule has 0 spiro atoms. The highest BCUT2D eigenvalue weighted by atomic mass is 16.5. The van der Waals surface area contributed by atoms with E-state index in [1.54, 1.807) is 0 Å². The Balaban J connectivity index is 1.92. The van der Waals surface area contributed by atoms with Gasteiger partial charge in [0.15, 0.2) is 0 Å². The van der Waals surface area contributed by atoms with Crippen molar-refractivity contribution in [2.75, 3.05) is 39.4 Å². The first-order chi connectivity index (χ1) is 6.79. The van der Waals surface area contributed by atoms with Crippen molar-refractivity contribution in [1.29, 1.82) is 0 Å². The van der Waals surface area contributed by atoms with Crippen molar-refractivity contribution >= 4 is 5.91 Å². The number of ether oxygens (including phenoxy) is 1. The number of hydrogen-bond acceptors (Lipinski definition) is 3. The van der Waals surface area contributed by atoms with E-state index >= 15 is 0 Å². The Morgan fingerprint density at radius 3 is 2.64 bits per heavy atom. The summed E-state index contributed by atoms with van der Waals surface area (Å²) < 4.78 is 5.23. The molecule has 1 N–H and O–H groups in total. The molecule has 0 aromatic heterocycles. The lowest BCUT2D eigenvalue weighted by Gasteiger charge is -2.30. The summed E-state index contributed by atoms with van der Waals surface area (Å²) in [7, 11) is 0. The van der Waals surface area contributed by atoms with Crippen molar-refractivity contribution in [2.45, 2.75) is 6.92 Å². The van der Waals surface area contributed by atoms with Crippen molar-refractivity contribution < 1.29 is 9.53 Å². The molecule has 0 aliphatic carbocycles. The van der Waals surface area contributed by atoms with E-state index in [-0.39, 0.29) is 5.92 Å². The van der Waals surface area contributed by atoms with E-state index in [1.807, 2.05) is 4.90 Å². The molecular weight excluding hydrogens is 180 g/mol. The van der Waals surface area contributed by atoms with Crippen molar-refractivity contribution in [3.63, 3.8) is 0 Å². The van der Waals surface area contributed by atoms with Gasteiger partial charge in [0.1, 0.15) is 0 Å². The molecule has 0 aromatic carbocycles. The number of carbonyl (C=O) groups excluding carboxylic acids is 1. The summed E-state index contributed by atoms with van der Waals surface area (Å²) in [5.74, 6) is 0.976. The Hall–Kier alpha value is -0.610. The van der Waals surface area contributed by atoms with E-state index in [0.29, 0.717) is 25.0 Å². The molecule has 4 nitrogen and oxygen atoms in total. The van der Waals surface area contributed by atoms with Crippen LogP contribution in [0, 0.1) is 11.8 Å². The van der Waals surface area contributed by atoms with E-state index in [1.165, 1.54) is 0 Å². The van der Waals surface area contributed by atoms with Crippen LogP contribution in [-0.4, -0.2) is 50.2 Å². The average molecular weight is 198 g/mol. The second-order valence-corrected chi connectivity index (χ2v) is 4.18. The second kappa shape index (κ2) is 4.28. The van der Waals surface area contributed by atoms with Crippen LogP contribution in [0.25, 0.3) is 0 Å². The fourth-order valence-corrected chi connectivity index (χ4v) is 2.16. The summed E-state index contributed by atoms with van der Waals surface area (Å²) in [4.78, 5) is 14.0. The molecule has 80 valence electrons. The second-order valence-electron chi connectivity index (χ2n) is 4.18. The summed E-state index contributed by atoms with van der Waals surface area (Å²) in [6, 6.07) is 0. The van der Waals surface area contributed by atoms with Crippen LogP contribution in [-0.2, 0) is 9.53 Å². The Morgan fingerprint density at radius 1 is 1.36 bits per heavy atom. The first-order valence-electron chi connectivity index (χ1n) is 5.36. The van der Waals surface area contributed by atoms with E-state index in [2.05, 4.69) is 12.2 Å². The summed E-state index contributed by atoms with van der Waals surface area (Å²) in [5.41, 5.74) is 0. The molecule has 0 bridgehead atoms. The van der Waals surface area contributed by atoms with Gasteiger partial charge in [-0.1, -0.05) is 6.92 Å². The van der Waals surface area contributed by atoms with Gasteiger partial charge in [-0.05, 0) is 12.5 Å². The zero-order valence-corrected chi connectivity index (χ0v) is 8.66. The van der Waals surface area contributed by atoms with E-state index in [4.69, 9.17) is 4.74 Å². The molecule has 2 rings (SSSR count). The number of hydrogen-bond donors (Lipinski definition) is 1. The van der Waals surface area contributed by atoms with Crippen LogP contribution in [0.2, 0.25) is 0 Å². The highest BCUT2D eigenvalue weighted by Gasteiger charge is 2.33. The smallest absolute Gasteiger partial charge is 0.227 e. The SMILES string of the molecule is C[C@H]1CNC[C@H]1C(=O)N1CCOCC1. The number of carbonyl (C=O) groups is 1. The minimum Gasteiger partial charge on any atom is -0.378 e. The summed E-state index contributed by atoms with van der Waals surface area (Å²) in [6.07, 6.45) is 0. The zero-order chi connectivity index (χ0) is 9.97. The molecular formula is C10H18N2O2. The van der Waals surface area contributed by atoms with Gasteiger partial charge in [0.2, 0.25) is 5.91 Å². The minimum atomic E-state index is 0.188. The summed E-state index contributed by atoms with van der Waals surface area (Å²) in [5, 5.41) is 3.26. The van der Waals surface area contributed by atoms with Crippen LogP contribution >= 0.6 is 0 Å². The minimum absolute atomic E-state index is 0.188. The fourth-order valence-electron chi connectivity index (χ4n) is 2.16. The van der Waals surface area contributed by atoms with Gasteiger partial charge in [0, 0.05) is 19.6 Å². The van der Waals surface area contributed by atoms with Crippen LogP contribution in [0.1, 0.15) is 6.92 Å². The lowest BCUT2D eigenvalue weighted by atomic mass is 9.96. The lowest BCUT2D eigenvalue weighted by molar-refractivity contribution is -0.140. The Labute approximate surface area is 84.6 Å². The van der Waals surface area contributed by atoms with Gasteiger partial charge in [-0.3, -0.25) is 4.79 Å². The largest absolute Gasteiger partial charge is 0.378 e. The van der Waals surface area contributed by atoms with Crippen LogP contribution in [0.4, 0.5) is 0 Å². The topological polar surface area (TPSA) is 41.6 Å². The Morgan fingerprint density at radius 2 is 2.07 bits per heavy atom. The number of rotatable bonds is 1. The highest BCUT2D eigenvalue weighted by molar-refractivity contribution is 5.79. The van der Waals surface area contributed by atoms with Gasteiger partial charge < -0.3 is 15.0 Å². The molecule has 2 saturated heterocycles. The molecule has 2 aliphatic rings. The molecule has 0 unspecified atom stereocenters. The molecule has 2 aliphatic heterocycles. The first-order valence-corrected chi connectivity index (χ1v) is 5.36. The summed E-state index contributed by atoms with van der Waals surface area (Å²) >= 11 is 0. The zero-order valence-electron chi connectivity index (χ0n) is 8.66. The third-order valence-electron chi connectivity index (χ3n) is 3.16. The summed E-state index contributed by atoms with van der Waals surface area (Å²) in [6.45, 7) is 6.88. The molecule has 0 radical (unpaired) electrons. The van der Waals surface area contributed by atoms with Gasteiger partial charge in [-0.2, -0.15) is 0 Å². The molecule has 2 atom stereocenters. The van der Waals surface area contributed by atoms with Crippen LogP contribution < -0.4 is 5.32 Å². The number of nitrogens with zero attached hydrogens (tertiary/aromatic N) is 1. The maximum Gasteiger partial charge on any atom is 0.227 e. The molecule has 14 heavy (non-hydrogen) atoms. The third-order valence-corrected chi connectivity index (χ3v) is 3.16. The molecule has 1 amide bonds. The standard InChI is InChI=1S/C10H18N2O2/c1-8-6-11-7-9(8)10(13)12-2-4-14-5-3-12/h8-9,11H,2-7H2,1H3/t8-,9+/m0/s1. The third kappa shape index (κ3) is 1.91. The normalized spacial score (nSPS) is 33.4. The maximum atomic E-state index is 12.0. The quantitative estimate of drug-likeness (QED) is 0.629. The van der Waals surface area contributed by atoms with Gasteiger partial charge in [-0.15, -0.1) is 0 Å². The van der Waals surface area contributed by atoms with Gasteiger partial charge in [-0.25, -0.2) is 0 Å². The fraction of sp³-hybridized carbons (Fsp3) is 0.900. The molecule has 2 heterocycles. The number of nitrogens with one attached hydrogen (secondary N) is 1. The van der Waals surface area contributed by atoms with Crippen LogP contribution in [0.15, 0.2) is 0 Å². The Bertz CT molecular complexity index is 214. The predicted molar refractivity (Wildman–Crippen MR) is 52.9 cm³/mol. The number of amides is 1. The van der Waals surface area contributed by atoms with Crippen molar-refractivity contribution in [3.8, 4) is 0 Å². The van der Waals surface area contributed by atoms with Crippen LogP contribution in [0.5, 0.6) is 0 Å². The maximum absolute atomic E-state index is 12.0. The van der Waals surface area contributed by atoms with Gasteiger partial charge >= 0.3 is 0 Å². The number of morpholine rings is 1. The first kappa shape index (κ1) is 9.93.